The number of fused-ring (bicyclic) bond motifs is 2. The Morgan fingerprint density at radius 2 is 2.00 bits per heavy atom. The maximum atomic E-state index is 13.0. The largest absolute Gasteiger partial charge is 0.459 e. The van der Waals surface area contributed by atoms with Gasteiger partial charge in [0.1, 0.15) is 35.3 Å². The number of nitrogens with zero attached hydrogens (tertiary/aromatic N) is 3. The SMILES string of the molecule is CC(C)(C)OC(=O)CNc1c(-c2ccc3c(c2)CN(C2CCC(=O)NC2=O)C3=O)nc2ccccn12. The number of hydrogen-bond donors (Lipinski definition) is 2. The maximum absolute atomic E-state index is 13.0. The van der Waals surface area contributed by atoms with Gasteiger partial charge in [0.15, 0.2) is 0 Å². The van der Waals surface area contributed by atoms with Crippen LogP contribution in [0.25, 0.3) is 16.9 Å². The number of amides is 3. The second-order valence-electron chi connectivity index (χ2n) is 9.95. The second-order valence-corrected chi connectivity index (χ2v) is 9.95. The van der Waals surface area contributed by atoms with Crippen molar-refractivity contribution in [3.05, 3.63) is 53.7 Å². The Morgan fingerprint density at radius 1 is 1.19 bits per heavy atom. The predicted octanol–water partition coefficient (Wildman–Crippen LogP) is 2.52. The van der Waals surface area contributed by atoms with Crippen molar-refractivity contribution in [3.8, 4) is 11.3 Å². The van der Waals surface area contributed by atoms with Gasteiger partial charge in [-0.3, -0.25) is 28.9 Å². The van der Waals surface area contributed by atoms with E-state index in [1.54, 1.807) is 6.07 Å². The molecule has 2 aromatic heterocycles. The summed E-state index contributed by atoms with van der Waals surface area (Å²) in [5, 5.41) is 5.49. The molecule has 3 aromatic rings. The molecule has 0 bridgehead atoms. The topological polar surface area (TPSA) is 122 Å². The molecule has 0 spiro atoms. The van der Waals surface area contributed by atoms with Crippen molar-refractivity contribution in [2.24, 2.45) is 0 Å². The molecule has 5 rings (SSSR count). The molecule has 1 saturated heterocycles. The summed E-state index contributed by atoms with van der Waals surface area (Å²) < 4.78 is 7.28. The summed E-state index contributed by atoms with van der Waals surface area (Å²) >= 11 is 0. The number of rotatable bonds is 5. The molecule has 0 radical (unpaired) electrons. The number of piperidine rings is 1. The molecule has 10 heteroatoms. The van der Waals surface area contributed by atoms with Crippen molar-refractivity contribution in [2.75, 3.05) is 11.9 Å². The van der Waals surface area contributed by atoms with Gasteiger partial charge in [-0.2, -0.15) is 0 Å². The van der Waals surface area contributed by atoms with Crippen LogP contribution in [0.15, 0.2) is 42.6 Å². The maximum Gasteiger partial charge on any atom is 0.325 e. The lowest BCUT2D eigenvalue weighted by molar-refractivity contribution is -0.152. The Kier molecular flexibility index (Phi) is 5.74. The number of imidazole rings is 1. The molecule has 1 atom stereocenters. The lowest BCUT2D eigenvalue weighted by Gasteiger charge is -2.29. The first-order valence-corrected chi connectivity index (χ1v) is 11.8. The van der Waals surface area contributed by atoms with Crippen molar-refractivity contribution in [2.45, 2.75) is 51.8 Å². The van der Waals surface area contributed by atoms with Crippen molar-refractivity contribution in [3.63, 3.8) is 0 Å². The third kappa shape index (κ3) is 4.41. The average molecular weight is 490 g/mol. The van der Waals surface area contributed by atoms with E-state index in [1.807, 2.05) is 61.7 Å². The molecule has 1 unspecified atom stereocenters. The van der Waals surface area contributed by atoms with Gasteiger partial charge in [-0.05, 0) is 57.0 Å². The molecule has 2 aliphatic rings. The minimum absolute atomic E-state index is 0.0420. The summed E-state index contributed by atoms with van der Waals surface area (Å²) in [6, 6.07) is 10.4. The van der Waals surface area contributed by atoms with Gasteiger partial charge in [0.05, 0.1) is 0 Å². The van der Waals surface area contributed by atoms with Gasteiger partial charge in [-0.1, -0.05) is 12.1 Å². The van der Waals surface area contributed by atoms with Crippen molar-refractivity contribution < 1.29 is 23.9 Å². The van der Waals surface area contributed by atoms with Gasteiger partial charge >= 0.3 is 5.97 Å². The summed E-state index contributed by atoms with van der Waals surface area (Å²) in [5.41, 5.74) is 2.79. The second kappa shape index (κ2) is 8.78. The van der Waals surface area contributed by atoms with Crippen LogP contribution < -0.4 is 10.6 Å². The van der Waals surface area contributed by atoms with E-state index < -0.39 is 23.5 Å². The van der Waals surface area contributed by atoms with Crippen molar-refractivity contribution in [1.29, 1.82) is 0 Å². The molecule has 1 aromatic carbocycles. The standard InChI is InChI=1S/C26H27N5O5/c1-26(2,3)36-21(33)13-27-23-22(28-19-6-4-5-11-30(19)23)15-7-8-17-16(12-15)14-31(25(17)35)18-9-10-20(32)29-24(18)34/h4-8,11-12,18,27H,9-10,13-14H2,1-3H3,(H,29,32,34). The van der Waals surface area contributed by atoms with Crippen LogP contribution in [0.2, 0.25) is 0 Å². The highest BCUT2D eigenvalue weighted by atomic mass is 16.6. The zero-order valence-corrected chi connectivity index (χ0v) is 20.3. The van der Waals surface area contributed by atoms with E-state index in [0.717, 1.165) is 11.1 Å². The van der Waals surface area contributed by atoms with Gasteiger partial charge in [0, 0.05) is 30.3 Å². The molecule has 186 valence electrons. The Bertz CT molecular complexity index is 1400. The zero-order chi connectivity index (χ0) is 25.6. The lowest BCUT2D eigenvalue weighted by atomic mass is 10.0. The summed E-state index contributed by atoms with van der Waals surface area (Å²) in [7, 11) is 0. The van der Waals surface area contributed by atoms with Crippen LogP contribution in [0.3, 0.4) is 0 Å². The van der Waals surface area contributed by atoms with Crippen molar-refractivity contribution in [1.82, 2.24) is 19.6 Å². The number of aromatic nitrogens is 2. The monoisotopic (exact) mass is 489 g/mol. The van der Waals surface area contributed by atoms with E-state index >= 15 is 0 Å². The molecule has 2 aliphatic heterocycles. The lowest BCUT2D eigenvalue weighted by Crippen LogP contribution is -2.52. The number of imide groups is 1. The molecular weight excluding hydrogens is 462 g/mol. The highest BCUT2D eigenvalue weighted by molar-refractivity contribution is 6.05. The third-order valence-electron chi connectivity index (χ3n) is 6.15. The average Bonchev–Trinajstić information content (AvgIpc) is 3.34. The molecule has 36 heavy (non-hydrogen) atoms. The molecular formula is C26H27N5O5. The van der Waals surface area contributed by atoms with Gasteiger partial charge in [0.2, 0.25) is 11.8 Å². The number of benzene rings is 1. The van der Waals surface area contributed by atoms with Gasteiger partial charge < -0.3 is 15.0 Å². The summed E-state index contributed by atoms with van der Waals surface area (Å²) in [6.45, 7) is 5.67. The highest BCUT2D eigenvalue weighted by Gasteiger charge is 2.39. The van der Waals surface area contributed by atoms with Crippen molar-refractivity contribution >= 4 is 35.2 Å². The fourth-order valence-corrected chi connectivity index (χ4v) is 4.62. The number of esters is 1. The minimum atomic E-state index is -0.674. The third-order valence-corrected chi connectivity index (χ3v) is 6.15. The Morgan fingerprint density at radius 3 is 2.75 bits per heavy atom. The Labute approximate surface area is 207 Å². The zero-order valence-electron chi connectivity index (χ0n) is 20.3. The number of carbonyl (C=O) groups is 4. The number of ether oxygens (including phenoxy) is 1. The molecule has 0 saturated carbocycles. The van der Waals surface area contributed by atoms with Gasteiger partial charge in [-0.15, -0.1) is 0 Å². The van der Waals surface area contributed by atoms with E-state index in [9.17, 15) is 19.2 Å². The summed E-state index contributed by atoms with van der Waals surface area (Å²) in [4.78, 5) is 55.5. The molecule has 0 aliphatic carbocycles. The number of pyridine rings is 1. The minimum Gasteiger partial charge on any atom is -0.459 e. The number of carbonyl (C=O) groups excluding carboxylic acids is 4. The van der Waals surface area contributed by atoms with Crippen LogP contribution in [0, 0.1) is 0 Å². The number of nitrogens with one attached hydrogen (secondary N) is 2. The first kappa shape index (κ1) is 23.5. The predicted molar refractivity (Wildman–Crippen MR) is 131 cm³/mol. The van der Waals surface area contributed by atoms with E-state index in [-0.39, 0.29) is 31.3 Å². The van der Waals surface area contributed by atoms with Crippen LogP contribution in [0.1, 0.15) is 49.5 Å². The smallest absolute Gasteiger partial charge is 0.325 e. The molecule has 4 heterocycles. The van der Waals surface area contributed by atoms with Crippen LogP contribution in [0.5, 0.6) is 0 Å². The fraction of sp³-hybridized carbons (Fsp3) is 0.346. The van der Waals surface area contributed by atoms with E-state index in [4.69, 9.17) is 9.72 Å². The first-order chi connectivity index (χ1) is 17.1. The molecule has 10 nitrogen and oxygen atoms in total. The van der Waals surface area contributed by atoms with Gasteiger partial charge in [-0.25, -0.2) is 4.98 Å². The van der Waals surface area contributed by atoms with Crippen LogP contribution in [-0.2, 0) is 25.7 Å². The number of hydrogen-bond acceptors (Lipinski definition) is 7. The van der Waals surface area contributed by atoms with Crippen LogP contribution in [-0.4, -0.2) is 56.2 Å². The number of anilines is 1. The quantitative estimate of drug-likeness (QED) is 0.417. The highest BCUT2D eigenvalue weighted by Crippen LogP contribution is 2.34. The fourth-order valence-electron chi connectivity index (χ4n) is 4.62. The first-order valence-electron chi connectivity index (χ1n) is 11.8. The summed E-state index contributed by atoms with van der Waals surface area (Å²) in [5.74, 6) is -0.756. The van der Waals surface area contributed by atoms with E-state index in [0.29, 0.717) is 29.1 Å². The molecule has 1 fully saturated rings. The van der Waals surface area contributed by atoms with Gasteiger partial charge in [0.25, 0.3) is 5.91 Å². The Hall–Kier alpha value is -4.21. The van der Waals surface area contributed by atoms with Crippen LogP contribution in [0.4, 0.5) is 5.82 Å². The normalized spacial score (nSPS) is 17.8. The van der Waals surface area contributed by atoms with E-state index in [1.165, 1.54) is 4.90 Å². The van der Waals surface area contributed by atoms with Crippen LogP contribution >= 0.6 is 0 Å². The summed E-state index contributed by atoms with van der Waals surface area (Å²) in [6.07, 6.45) is 2.36. The molecule has 3 amide bonds. The molecule has 2 N–H and O–H groups in total. The Balaban J connectivity index is 1.44. The van der Waals surface area contributed by atoms with E-state index in [2.05, 4.69) is 10.6 Å².